The Labute approximate surface area is 94.6 Å². The van der Waals surface area contributed by atoms with E-state index in [-0.39, 0.29) is 5.91 Å². The van der Waals surface area contributed by atoms with Gasteiger partial charge in [0.2, 0.25) is 5.91 Å². The topological polar surface area (TPSA) is 29.1 Å². The van der Waals surface area contributed by atoms with Crippen LogP contribution >= 0.6 is 11.6 Å². The van der Waals surface area contributed by atoms with Crippen LogP contribution in [0.1, 0.15) is 24.8 Å². The molecule has 1 N–H and O–H groups in total. The highest BCUT2D eigenvalue weighted by molar-refractivity contribution is 6.31. The summed E-state index contributed by atoms with van der Waals surface area (Å²) in [5, 5.41) is 3.71. The lowest BCUT2D eigenvalue weighted by atomic mass is 10.1. The first-order chi connectivity index (χ1) is 7.25. The maximum atomic E-state index is 11.4. The van der Waals surface area contributed by atoms with Gasteiger partial charge in [0.25, 0.3) is 0 Å². The number of carbonyl (C=O) groups is 1. The molecule has 2 nitrogen and oxygen atoms in total. The molecule has 0 aliphatic heterocycles. The van der Waals surface area contributed by atoms with Gasteiger partial charge >= 0.3 is 0 Å². The SMILES string of the molecule is O=C(CCc1ccccc1Cl)NC1CC1. The van der Waals surface area contributed by atoms with Gasteiger partial charge in [-0.15, -0.1) is 0 Å². The molecule has 0 atom stereocenters. The van der Waals surface area contributed by atoms with Crippen LogP contribution in [0.4, 0.5) is 0 Å². The highest BCUT2D eigenvalue weighted by Crippen LogP contribution is 2.20. The molecule has 1 aliphatic carbocycles. The average molecular weight is 224 g/mol. The average Bonchev–Trinajstić information content (AvgIpc) is 3.00. The Hall–Kier alpha value is -1.02. The van der Waals surface area contributed by atoms with Gasteiger partial charge in [-0.05, 0) is 30.9 Å². The molecule has 1 aliphatic rings. The van der Waals surface area contributed by atoms with E-state index in [0.29, 0.717) is 12.5 Å². The van der Waals surface area contributed by atoms with Crippen LogP contribution in [0.2, 0.25) is 5.02 Å². The van der Waals surface area contributed by atoms with Crippen molar-refractivity contribution < 1.29 is 4.79 Å². The smallest absolute Gasteiger partial charge is 0.220 e. The van der Waals surface area contributed by atoms with Crippen molar-refractivity contribution in [1.29, 1.82) is 0 Å². The van der Waals surface area contributed by atoms with E-state index < -0.39 is 0 Å². The van der Waals surface area contributed by atoms with Crippen molar-refractivity contribution in [3.63, 3.8) is 0 Å². The van der Waals surface area contributed by atoms with Crippen molar-refractivity contribution in [3.05, 3.63) is 34.9 Å². The van der Waals surface area contributed by atoms with E-state index >= 15 is 0 Å². The number of benzene rings is 1. The molecule has 15 heavy (non-hydrogen) atoms. The second-order valence-electron chi connectivity index (χ2n) is 3.93. The highest BCUT2D eigenvalue weighted by Gasteiger charge is 2.22. The molecule has 0 aromatic heterocycles. The number of hydrogen-bond acceptors (Lipinski definition) is 1. The lowest BCUT2D eigenvalue weighted by Gasteiger charge is -2.04. The third-order valence-electron chi connectivity index (χ3n) is 2.52. The summed E-state index contributed by atoms with van der Waals surface area (Å²) in [4.78, 5) is 11.4. The molecule has 1 saturated carbocycles. The summed E-state index contributed by atoms with van der Waals surface area (Å²) in [6.07, 6.45) is 3.52. The summed E-state index contributed by atoms with van der Waals surface area (Å²) in [6.45, 7) is 0. The Bertz CT molecular complexity index is 360. The molecule has 1 aromatic carbocycles. The summed E-state index contributed by atoms with van der Waals surface area (Å²) in [5.41, 5.74) is 1.05. The Morgan fingerprint density at radius 1 is 1.40 bits per heavy atom. The molecule has 80 valence electrons. The predicted molar refractivity (Wildman–Crippen MR) is 60.9 cm³/mol. The molecule has 0 bridgehead atoms. The molecule has 1 amide bonds. The van der Waals surface area contributed by atoms with Crippen molar-refractivity contribution >= 4 is 17.5 Å². The van der Waals surface area contributed by atoms with E-state index in [1.807, 2.05) is 24.3 Å². The Balaban J connectivity index is 1.81. The number of nitrogens with one attached hydrogen (secondary N) is 1. The van der Waals surface area contributed by atoms with Gasteiger partial charge in [0.15, 0.2) is 0 Å². The minimum absolute atomic E-state index is 0.136. The van der Waals surface area contributed by atoms with Crippen LogP contribution in [-0.4, -0.2) is 11.9 Å². The first-order valence-electron chi connectivity index (χ1n) is 5.28. The first kappa shape index (κ1) is 10.5. The number of amides is 1. The van der Waals surface area contributed by atoms with E-state index in [1.54, 1.807) is 0 Å². The molecule has 0 radical (unpaired) electrons. The van der Waals surface area contributed by atoms with Gasteiger partial charge < -0.3 is 5.32 Å². The lowest BCUT2D eigenvalue weighted by Crippen LogP contribution is -2.25. The summed E-state index contributed by atoms with van der Waals surface area (Å²) in [7, 11) is 0. The van der Waals surface area contributed by atoms with Crippen LogP contribution in [0.25, 0.3) is 0 Å². The quantitative estimate of drug-likeness (QED) is 0.835. The fourth-order valence-electron chi connectivity index (χ4n) is 1.48. The normalized spacial score (nSPS) is 15.0. The van der Waals surface area contributed by atoms with Gasteiger partial charge in [-0.2, -0.15) is 0 Å². The minimum Gasteiger partial charge on any atom is -0.353 e. The van der Waals surface area contributed by atoms with Crippen molar-refractivity contribution in [1.82, 2.24) is 5.32 Å². The van der Waals surface area contributed by atoms with Gasteiger partial charge in [-0.25, -0.2) is 0 Å². The largest absolute Gasteiger partial charge is 0.353 e. The highest BCUT2D eigenvalue weighted by atomic mass is 35.5. The van der Waals surface area contributed by atoms with Crippen molar-refractivity contribution in [2.75, 3.05) is 0 Å². The zero-order chi connectivity index (χ0) is 10.7. The number of aryl methyl sites for hydroxylation is 1. The third kappa shape index (κ3) is 3.24. The minimum atomic E-state index is 0.136. The van der Waals surface area contributed by atoms with Gasteiger partial charge in [-0.1, -0.05) is 29.8 Å². The fraction of sp³-hybridized carbons (Fsp3) is 0.417. The molecule has 0 unspecified atom stereocenters. The van der Waals surface area contributed by atoms with Gasteiger partial charge in [0, 0.05) is 17.5 Å². The maximum Gasteiger partial charge on any atom is 0.220 e. The van der Waals surface area contributed by atoms with Gasteiger partial charge in [-0.3, -0.25) is 4.79 Å². The summed E-state index contributed by atoms with van der Waals surface area (Å²) >= 11 is 5.99. The molecule has 2 rings (SSSR count). The molecule has 0 saturated heterocycles. The van der Waals surface area contributed by atoms with E-state index in [9.17, 15) is 4.79 Å². The summed E-state index contributed by atoms with van der Waals surface area (Å²) < 4.78 is 0. The molecular formula is C12H14ClNO. The standard InChI is InChI=1S/C12H14ClNO/c13-11-4-2-1-3-9(11)5-8-12(15)14-10-6-7-10/h1-4,10H,5-8H2,(H,14,15). The number of rotatable bonds is 4. The van der Waals surface area contributed by atoms with Crippen molar-refractivity contribution in [2.24, 2.45) is 0 Å². The van der Waals surface area contributed by atoms with Crippen LogP contribution in [0.15, 0.2) is 24.3 Å². The van der Waals surface area contributed by atoms with E-state index in [0.717, 1.165) is 29.8 Å². The monoisotopic (exact) mass is 223 g/mol. The molecule has 1 aromatic rings. The lowest BCUT2D eigenvalue weighted by molar-refractivity contribution is -0.121. The van der Waals surface area contributed by atoms with Crippen LogP contribution in [0, 0.1) is 0 Å². The Morgan fingerprint density at radius 3 is 2.80 bits per heavy atom. The number of carbonyl (C=O) groups excluding carboxylic acids is 1. The zero-order valence-electron chi connectivity index (χ0n) is 8.50. The molecule has 1 fully saturated rings. The summed E-state index contributed by atoms with van der Waals surface area (Å²) in [5.74, 6) is 0.136. The van der Waals surface area contributed by atoms with Crippen molar-refractivity contribution in [3.8, 4) is 0 Å². The zero-order valence-corrected chi connectivity index (χ0v) is 9.26. The second kappa shape index (κ2) is 4.67. The number of halogens is 1. The molecule has 0 heterocycles. The van der Waals surface area contributed by atoms with E-state index in [2.05, 4.69) is 5.32 Å². The van der Waals surface area contributed by atoms with Crippen LogP contribution in [0.5, 0.6) is 0 Å². The van der Waals surface area contributed by atoms with Gasteiger partial charge in [0.1, 0.15) is 0 Å². The van der Waals surface area contributed by atoms with E-state index in [4.69, 9.17) is 11.6 Å². The van der Waals surface area contributed by atoms with Crippen LogP contribution in [-0.2, 0) is 11.2 Å². The molecular weight excluding hydrogens is 210 g/mol. The predicted octanol–water partition coefficient (Wildman–Crippen LogP) is 2.55. The third-order valence-corrected chi connectivity index (χ3v) is 2.89. The maximum absolute atomic E-state index is 11.4. The fourth-order valence-corrected chi connectivity index (χ4v) is 1.71. The van der Waals surface area contributed by atoms with Gasteiger partial charge in [0.05, 0.1) is 0 Å². The Kier molecular flexibility index (Phi) is 3.27. The van der Waals surface area contributed by atoms with Crippen LogP contribution in [0.3, 0.4) is 0 Å². The first-order valence-corrected chi connectivity index (χ1v) is 5.66. The Morgan fingerprint density at radius 2 is 2.13 bits per heavy atom. The molecule has 0 spiro atoms. The summed E-state index contributed by atoms with van der Waals surface area (Å²) in [6, 6.07) is 8.11. The van der Waals surface area contributed by atoms with E-state index in [1.165, 1.54) is 0 Å². The van der Waals surface area contributed by atoms with Crippen LogP contribution < -0.4 is 5.32 Å². The molecule has 3 heteroatoms. The number of hydrogen-bond donors (Lipinski definition) is 1. The second-order valence-corrected chi connectivity index (χ2v) is 4.34. The van der Waals surface area contributed by atoms with Crippen molar-refractivity contribution in [2.45, 2.75) is 31.7 Å².